The molecule has 0 aliphatic carbocycles. The molecule has 1 aromatic carbocycles. The van der Waals surface area contributed by atoms with Crippen molar-refractivity contribution in [2.24, 2.45) is 0 Å². The van der Waals surface area contributed by atoms with Gasteiger partial charge in [0.15, 0.2) is 11.5 Å². The summed E-state index contributed by atoms with van der Waals surface area (Å²) in [5.41, 5.74) is 0.365. The Morgan fingerprint density at radius 3 is 2.17 bits per heavy atom. The van der Waals surface area contributed by atoms with Gasteiger partial charge >= 0.3 is 5.97 Å². The second-order valence-electron chi connectivity index (χ2n) is 3.60. The van der Waals surface area contributed by atoms with Crippen molar-refractivity contribution in [3.05, 3.63) is 16.7 Å². The maximum atomic E-state index is 11.1. The van der Waals surface area contributed by atoms with Gasteiger partial charge in [0.05, 0.1) is 32.3 Å². The highest BCUT2D eigenvalue weighted by Crippen LogP contribution is 2.46. The molecule has 1 aromatic rings. The van der Waals surface area contributed by atoms with Crippen molar-refractivity contribution in [2.45, 2.75) is 12.8 Å². The van der Waals surface area contributed by atoms with E-state index in [1.807, 2.05) is 0 Å². The van der Waals surface area contributed by atoms with Gasteiger partial charge in [0, 0.05) is 11.6 Å². The van der Waals surface area contributed by atoms with Crippen LogP contribution in [0.15, 0.2) is 6.07 Å². The standard InChI is InChI=1S/C12H15ClO5/c1-6(12(14)15)9-7(13)5-8(16-2)10(17-3)11(9)18-4/h5-6H,1-4H3,(H,14,15). The fraction of sp³-hybridized carbons (Fsp3) is 0.417. The normalized spacial score (nSPS) is 11.8. The van der Waals surface area contributed by atoms with Crippen molar-refractivity contribution in [2.75, 3.05) is 21.3 Å². The Bertz CT molecular complexity index is 458. The summed E-state index contributed by atoms with van der Waals surface area (Å²) in [7, 11) is 4.34. The van der Waals surface area contributed by atoms with Crippen LogP contribution in [-0.2, 0) is 4.79 Å². The Hall–Kier alpha value is -1.62. The molecule has 0 fully saturated rings. The topological polar surface area (TPSA) is 65.0 Å². The molecule has 0 radical (unpaired) electrons. The number of ether oxygens (including phenoxy) is 3. The van der Waals surface area contributed by atoms with Crippen LogP contribution in [-0.4, -0.2) is 32.4 Å². The van der Waals surface area contributed by atoms with E-state index in [0.29, 0.717) is 17.1 Å². The van der Waals surface area contributed by atoms with E-state index in [-0.39, 0.29) is 10.8 Å². The first kappa shape index (κ1) is 14.4. The van der Waals surface area contributed by atoms with E-state index in [1.165, 1.54) is 34.3 Å². The summed E-state index contributed by atoms with van der Waals surface area (Å²) in [5, 5.41) is 9.35. The number of carboxylic acid groups (broad SMARTS) is 1. The molecular weight excluding hydrogens is 260 g/mol. The van der Waals surface area contributed by atoms with E-state index >= 15 is 0 Å². The lowest BCUT2D eigenvalue weighted by Gasteiger charge is -2.19. The van der Waals surface area contributed by atoms with E-state index < -0.39 is 11.9 Å². The van der Waals surface area contributed by atoms with Crippen LogP contribution in [0.25, 0.3) is 0 Å². The second-order valence-corrected chi connectivity index (χ2v) is 4.01. The lowest BCUT2D eigenvalue weighted by molar-refractivity contribution is -0.138. The predicted molar refractivity (Wildman–Crippen MR) is 67.2 cm³/mol. The number of rotatable bonds is 5. The molecule has 100 valence electrons. The van der Waals surface area contributed by atoms with E-state index in [9.17, 15) is 4.79 Å². The molecule has 0 saturated heterocycles. The average molecular weight is 275 g/mol. The van der Waals surface area contributed by atoms with Gasteiger partial charge in [-0.05, 0) is 6.92 Å². The molecule has 6 heteroatoms. The van der Waals surface area contributed by atoms with Gasteiger partial charge in [-0.3, -0.25) is 4.79 Å². The van der Waals surface area contributed by atoms with Crippen LogP contribution >= 0.6 is 11.6 Å². The summed E-state index contributed by atoms with van der Waals surface area (Å²) in [6.45, 7) is 1.53. The third-order valence-electron chi connectivity index (χ3n) is 2.62. The van der Waals surface area contributed by atoms with Crippen molar-refractivity contribution >= 4 is 17.6 Å². The van der Waals surface area contributed by atoms with Crippen molar-refractivity contribution < 1.29 is 24.1 Å². The van der Waals surface area contributed by atoms with Crippen molar-refractivity contribution in [1.29, 1.82) is 0 Å². The first-order chi connectivity index (χ1) is 8.47. The summed E-state index contributed by atoms with van der Waals surface area (Å²) in [5.74, 6) is -0.820. The number of aliphatic carboxylic acids is 1. The smallest absolute Gasteiger partial charge is 0.310 e. The van der Waals surface area contributed by atoms with Gasteiger partial charge in [0.2, 0.25) is 5.75 Å². The van der Waals surface area contributed by atoms with E-state index in [0.717, 1.165) is 0 Å². The number of hydrogen-bond acceptors (Lipinski definition) is 4. The van der Waals surface area contributed by atoms with E-state index in [1.54, 1.807) is 0 Å². The fourth-order valence-electron chi connectivity index (χ4n) is 1.68. The van der Waals surface area contributed by atoms with Gasteiger partial charge in [-0.1, -0.05) is 11.6 Å². The van der Waals surface area contributed by atoms with Crippen LogP contribution in [0.3, 0.4) is 0 Å². The Balaban J connectivity index is 3.55. The zero-order valence-corrected chi connectivity index (χ0v) is 11.4. The second kappa shape index (κ2) is 5.82. The zero-order chi connectivity index (χ0) is 13.9. The third kappa shape index (κ3) is 2.46. The largest absolute Gasteiger partial charge is 0.493 e. The van der Waals surface area contributed by atoms with Crippen LogP contribution in [0.1, 0.15) is 18.4 Å². The quantitative estimate of drug-likeness (QED) is 0.894. The summed E-state index contributed by atoms with van der Waals surface area (Å²) in [6.07, 6.45) is 0. The minimum atomic E-state index is -0.998. The zero-order valence-electron chi connectivity index (χ0n) is 10.6. The van der Waals surface area contributed by atoms with Gasteiger partial charge in [0.25, 0.3) is 0 Å². The number of carboxylic acids is 1. The summed E-state index contributed by atoms with van der Waals surface area (Å²) >= 11 is 6.08. The average Bonchev–Trinajstić information content (AvgIpc) is 2.36. The molecule has 0 spiro atoms. The lowest BCUT2D eigenvalue weighted by Crippen LogP contribution is -2.10. The minimum Gasteiger partial charge on any atom is -0.493 e. The van der Waals surface area contributed by atoms with Gasteiger partial charge in [-0.25, -0.2) is 0 Å². The molecule has 0 aliphatic rings. The van der Waals surface area contributed by atoms with Crippen LogP contribution < -0.4 is 14.2 Å². The maximum absolute atomic E-state index is 11.1. The fourth-order valence-corrected chi connectivity index (χ4v) is 2.02. The molecule has 1 N–H and O–H groups in total. The highest BCUT2D eigenvalue weighted by molar-refractivity contribution is 6.32. The molecule has 0 amide bonds. The SMILES string of the molecule is COc1cc(Cl)c(C(C)C(=O)O)c(OC)c1OC. The Labute approximate surface area is 110 Å². The third-order valence-corrected chi connectivity index (χ3v) is 2.93. The van der Waals surface area contributed by atoms with Crippen LogP contribution in [0.5, 0.6) is 17.2 Å². The Kier molecular flexibility index (Phi) is 4.67. The van der Waals surface area contributed by atoms with Gasteiger partial charge in [-0.15, -0.1) is 0 Å². The Morgan fingerprint density at radius 1 is 1.22 bits per heavy atom. The summed E-state index contributed by atoms with van der Waals surface area (Å²) < 4.78 is 15.5. The first-order valence-electron chi connectivity index (χ1n) is 5.19. The number of carbonyl (C=O) groups is 1. The molecule has 18 heavy (non-hydrogen) atoms. The monoisotopic (exact) mass is 274 g/mol. The first-order valence-corrected chi connectivity index (χ1v) is 5.56. The molecule has 0 saturated carbocycles. The summed E-state index contributed by atoms with van der Waals surface area (Å²) in [4.78, 5) is 11.1. The summed E-state index contributed by atoms with van der Waals surface area (Å²) in [6, 6.07) is 1.51. The van der Waals surface area contributed by atoms with Gasteiger partial charge in [-0.2, -0.15) is 0 Å². The number of benzene rings is 1. The molecule has 0 bridgehead atoms. The molecular formula is C12H15ClO5. The minimum absolute atomic E-state index is 0.263. The highest BCUT2D eigenvalue weighted by Gasteiger charge is 2.27. The van der Waals surface area contributed by atoms with Crippen molar-refractivity contribution in [1.82, 2.24) is 0 Å². The molecule has 1 unspecified atom stereocenters. The van der Waals surface area contributed by atoms with Crippen LogP contribution in [0.4, 0.5) is 0 Å². The molecule has 5 nitrogen and oxygen atoms in total. The maximum Gasteiger partial charge on any atom is 0.310 e. The van der Waals surface area contributed by atoms with Gasteiger partial charge in [0.1, 0.15) is 0 Å². The van der Waals surface area contributed by atoms with Crippen molar-refractivity contribution in [3.63, 3.8) is 0 Å². The Morgan fingerprint density at radius 2 is 1.78 bits per heavy atom. The molecule has 0 aliphatic heterocycles. The van der Waals surface area contributed by atoms with Crippen LogP contribution in [0, 0.1) is 0 Å². The lowest BCUT2D eigenvalue weighted by atomic mass is 9.99. The number of halogens is 1. The molecule has 0 heterocycles. The van der Waals surface area contributed by atoms with Crippen LogP contribution in [0.2, 0.25) is 5.02 Å². The number of hydrogen-bond donors (Lipinski definition) is 1. The van der Waals surface area contributed by atoms with E-state index in [4.69, 9.17) is 30.9 Å². The molecule has 1 rings (SSSR count). The molecule has 0 aromatic heterocycles. The van der Waals surface area contributed by atoms with Crippen molar-refractivity contribution in [3.8, 4) is 17.2 Å². The van der Waals surface area contributed by atoms with Gasteiger partial charge < -0.3 is 19.3 Å². The van der Waals surface area contributed by atoms with E-state index in [2.05, 4.69) is 0 Å². The highest BCUT2D eigenvalue weighted by atomic mass is 35.5. The number of methoxy groups -OCH3 is 3. The predicted octanol–water partition coefficient (Wildman–Crippen LogP) is 2.55. The molecule has 1 atom stereocenters.